The summed E-state index contributed by atoms with van der Waals surface area (Å²) < 4.78 is 11.1. The van der Waals surface area contributed by atoms with Crippen molar-refractivity contribution in [2.24, 2.45) is 0 Å². The molecule has 0 aromatic carbocycles. The molecule has 0 fully saturated rings. The SMILES string of the molecule is CCC[S+]([O-])C(C)CC. The third-order valence-electron chi connectivity index (χ3n) is 1.43. The second-order valence-corrected chi connectivity index (χ2v) is 4.28. The largest absolute Gasteiger partial charge is 0.616 e. The molecule has 2 atom stereocenters. The van der Waals surface area contributed by atoms with E-state index in [1.807, 2.05) is 6.92 Å². The van der Waals surface area contributed by atoms with E-state index in [0.717, 1.165) is 18.6 Å². The fourth-order valence-electron chi connectivity index (χ4n) is 0.588. The second kappa shape index (κ2) is 5.12. The quantitative estimate of drug-likeness (QED) is 0.559. The number of hydrogen-bond donors (Lipinski definition) is 0. The van der Waals surface area contributed by atoms with Gasteiger partial charge < -0.3 is 4.55 Å². The minimum atomic E-state index is -0.565. The maximum atomic E-state index is 11.1. The van der Waals surface area contributed by atoms with Gasteiger partial charge in [0.25, 0.3) is 0 Å². The lowest BCUT2D eigenvalue weighted by molar-refractivity contribution is 0.578. The number of hydrogen-bond acceptors (Lipinski definition) is 1. The number of rotatable bonds is 4. The Bertz CT molecular complexity index is 65.9. The fraction of sp³-hybridized carbons (Fsp3) is 1.00. The summed E-state index contributed by atoms with van der Waals surface area (Å²) in [5.41, 5.74) is 0. The highest BCUT2D eigenvalue weighted by molar-refractivity contribution is 7.91. The standard InChI is InChI=1S/C7H16OS/c1-4-6-9(8)7(3)5-2/h7H,4-6H2,1-3H3. The van der Waals surface area contributed by atoms with Crippen LogP contribution in [0, 0.1) is 0 Å². The van der Waals surface area contributed by atoms with Gasteiger partial charge in [0.05, 0.1) is 0 Å². The Morgan fingerprint density at radius 3 is 2.33 bits per heavy atom. The normalized spacial score (nSPS) is 17.3. The van der Waals surface area contributed by atoms with E-state index in [1.54, 1.807) is 0 Å². The van der Waals surface area contributed by atoms with E-state index in [0.29, 0.717) is 5.25 Å². The van der Waals surface area contributed by atoms with Crippen LogP contribution < -0.4 is 0 Å². The maximum Gasteiger partial charge on any atom is 0.112 e. The zero-order valence-electron chi connectivity index (χ0n) is 6.52. The van der Waals surface area contributed by atoms with Gasteiger partial charge in [0.15, 0.2) is 0 Å². The molecule has 2 unspecified atom stereocenters. The van der Waals surface area contributed by atoms with Gasteiger partial charge in [0.2, 0.25) is 0 Å². The van der Waals surface area contributed by atoms with Crippen LogP contribution in [0.4, 0.5) is 0 Å². The van der Waals surface area contributed by atoms with Gasteiger partial charge in [-0.1, -0.05) is 25.0 Å². The van der Waals surface area contributed by atoms with E-state index in [2.05, 4.69) is 13.8 Å². The first kappa shape index (κ1) is 9.31. The lowest BCUT2D eigenvalue weighted by Crippen LogP contribution is -2.19. The van der Waals surface area contributed by atoms with Gasteiger partial charge in [-0.3, -0.25) is 0 Å². The zero-order valence-corrected chi connectivity index (χ0v) is 7.33. The van der Waals surface area contributed by atoms with Crippen LogP contribution in [0.15, 0.2) is 0 Å². The molecule has 0 N–H and O–H groups in total. The molecule has 2 heteroatoms. The van der Waals surface area contributed by atoms with Crippen molar-refractivity contribution in [3.05, 3.63) is 0 Å². The molecule has 0 radical (unpaired) electrons. The first-order valence-corrected chi connectivity index (χ1v) is 4.97. The topological polar surface area (TPSA) is 23.1 Å². The summed E-state index contributed by atoms with van der Waals surface area (Å²) >= 11 is -0.565. The Morgan fingerprint density at radius 2 is 2.00 bits per heavy atom. The summed E-state index contributed by atoms with van der Waals surface area (Å²) in [5, 5.41) is 0.393. The van der Waals surface area contributed by atoms with Crippen molar-refractivity contribution in [1.29, 1.82) is 0 Å². The molecule has 0 saturated heterocycles. The van der Waals surface area contributed by atoms with Gasteiger partial charge in [-0.25, -0.2) is 0 Å². The molecular formula is C7H16OS. The van der Waals surface area contributed by atoms with E-state index in [-0.39, 0.29) is 0 Å². The molecule has 0 aliphatic heterocycles. The Kier molecular flexibility index (Phi) is 5.30. The third kappa shape index (κ3) is 3.82. The van der Waals surface area contributed by atoms with Crippen molar-refractivity contribution in [3.8, 4) is 0 Å². The highest BCUT2D eigenvalue weighted by Gasteiger charge is 2.11. The van der Waals surface area contributed by atoms with Crippen LogP contribution in [-0.4, -0.2) is 15.6 Å². The summed E-state index contributed by atoms with van der Waals surface area (Å²) in [4.78, 5) is 0. The molecule has 9 heavy (non-hydrogen) atoms. The minimum absolute atomic E-state index is 0.393. The average Bonchev–Trinajstić information content (AvgIpc) is 1.87. The van der Waals surface area contributed by atoms with Gasteiger partial charge >= 0.3 is 0 Å². The molecular weight excluding hydrogens is 132 g/mol. The van der Waals surface area contributed by atoms with E-state index in [1.165, 1.54) is 0 Å². The monoisotopic (exact) mass is 148 g/mol. The van der Waals surface area contributed by atoms with Crippen LogP contribution in [-0.2, 0) is 11.2 Å². The van der Waals surface area contributed by atoms with Crippen molar-refractivity contribution >= 4 is 11.2 Å². The van der Waals surface area contributed by atoms with Gasteiger partial charge in [-0.05, 0) is 19.8 Å². The summed E-state index contributed by atoms with van der Waals surface area (Å²) in [7, 11) is 0. The van der Waals surface area contributed by atoms with Crippen LogP contribution in [0.5, 0.6) is 0 Å². The van der Waals surface area contributed by atoms with E-state index < -0.39 is 11.2 Å². The van der Waals surface area contributed by atoms with E-state index in [9.17, 15) is 4.55 Å². The predicted octanol–water partition coefficient (Wildman–Crippen LogP) is 1.94. The Balaban J connectivity index is 3.32. The molecule has 0 aromatic rings. The van der Waals surface area contributed by atoms with Gasteiger partial charge in [0.1, 0.15) is 11.0 Å². The van der Waals surface area contributed by atoms with Crippen molar-refractivity contribution in [1.82, 2.24) is 0 Å². The smallest absolute Gasteiger partial charge is 0.112 e. The molecule has 0 aliphatic carbocycles. The highest BCUT2D eigenvalue weighted by Crippen LogP contribution is 2.06. The maximum absolute atomic E-state index is 11.1. The average molecular weight is 148 g/mol. The highest BCUT2D eigenvalue weighted by atomic mass is 32.2. The van der Waals surface area contributed by atoms with E-state index in [4.69, 9.17) is 0 Å². The Hall–Kier alpha value is 0.310. The van der Waals surface area contributed by atoms with Crippen LogP contribution in [0.3, 0.4) is 0 Å². The van der Waals surface area contributed by atoms with Gasteiger partial charge in [-0.2, -0.15) is 0 Å². The molecule has 56 valence electrons. The zero-order chi connectivity index (χ0) is 7.28. The third-order valence-corrected chi connectivity index (χ3v) is 3.47. The molecule has 0 saturated carbocycles. The summed E-state index contributed by atoms with van der Waals surface area (Å²) in [6.45, 7) is 6.20. The first-order chi connectivity index (χ1) is 4.22. The van der Waals surface area contributed by atoms with Crippen molar-refractivity contribution in [2.45, 2.75) is 38.9 Å². The van der Waals surface area contributed by atoms with Gasteiger partial charge in [0, 0.05) is 0 Å². The van der Waals surface area contributed by atoms with Crippen molar-refractivity contribution < 1.29 is 4.55 Å². The first-order valence-electron chi connectivity index (χ1n) is 3.59. The Morgan fingerprint density at radius 1 is 1.44 bits per heavy atom. The van der Waals surface area contributed by atoms with Crippen molar-refractivity contribution in [2.75, 3.05) is 5.75 Å². The Labute approximate surface area is 61.0 Å². The summed E-state index contributed by atoms with van der Waals surface area (Å²) in [5.74, 6) is 0.870. The van der Waals surface area contributed by atoms with Crippen LogP contribution in [0.1, 0.15) is 33.6 Å². The predicted molar refractivity (Wildman–Crippen MR) is 43.1 cm³/mol. The summed E-state index contributed by atoms with van der Waals surface area (Å²) in [6.07, 6.45) is 2.07. The minimum Gasteiger partial charge on any atom is -0.616 e. The van der Waals surface area contributed by atoms with Crippen LogP contribution in [0.25, 0.3) is 0 Å². The second-order valence-electron chi connectivity index (χ2n) is 2.30. The molecule has 0 aromatic heterocycles. The summed E-state index contributed by atoms with van der Waals surface area (Å²) in [6, 6.07) is 0. The molecule has 0 heterocycles. The lowest BCUT2D eigenvalue weighted by atomic mass is 10.4. The molecule has 0 bridgehead atoms. The van der Waals surface area contributed by atoms with Gasteiger partial charge in [-0.15, -0.1) is 0 Å². The molecule has 0 spiro atoms. The van der Waals surface area contributed by atoms with Crippen LogP contribution >= 0.6 is 0 Å². The van der Waals surface area contributed by atoms with E-state index >= 15 is 0 Å². The molecule has 0 amide bonds. The van der Waals surface area contributed by atoms with Crippen molar-refractivity contribution in [3.63, 3.8) is 0 Å². The molecule has 0 aliphatic rings. The molecule has 0 rings (SSSR count). The lowest BCUT2D eigenvalue weighted by Gasteiger charge is -2.15. The fourth-order valence-corrected chi connectivity index (χ4v) is 1.76. The molecule has 1 nitrogen and oxygen atoms in total. The van der Waals surface area contributed by atoms with Crippen LogP contribution in [0.2, 0.25) is 0 Å².